The molecule has 2 aromatic heterocycles. The van der Waals surface area contributed by atoms with Crippen molar-refractivity contribution in [3.63, 3.8) is 0 Å². The number of carbonyl (C=O) groups is 1. The number of nitrogens with one attached hydrogen (secondary N) is 1. The number of carbonyl (C=O) groups excluding carboxylic acids is 1. The molecule has 1 amide bonds. The molecule has 0 saturated heterocycles. The highest BCUT2D eigenvalue weighted by atomic mass is 35.5. The molecule has 0 atom stereocenters. The van der Waals surface area contributed by atoms with Gasteiger partial charge in [0.2, 0.25) is 0 Å². The first kappa shape index (κ1) is 14.5. The molecule has 7 nitrogen and oxygen atoms in total. The van der Waals surface area contributed by atoms with Gasteiger partial charge in [0.15, 0.2) is 11.0 Å². The Morgan fingerprint density at radius 1 is 1.45 bits per heavy atom. The Balaban J connectivity index is 2.36. The molecule has 2 rings (SSSR count). The summed E-state index contributed by atoms with van der Waals surface area (Å²) in [6.45, 7) is 4.10. The molecule has 0 fully saturated rings. The number of hydrogen-bond donors (Lipinski definition) is 2. The molecule has 106 valence electrons. The number of nitrogens with zero attached hydrogens (tertiary/aromatic N) is 4. The minimum absolute atomic E-state index is 0.0603. The van der Waals surface area contributed by atoms with Crippen molar-refractivity contribution in [2.24, 2.45) is 0 Å². The molecule has 3 N–H and O–H groups in total. The molecular formula is C11H12Cl2N6O. The van der Waals surface area contributed by atoms with Crippen molar-refractivity contribution in [1.82, 2.24) is 19.7 Å². The van der Waals surface area contributed by atoms with Gasteiger partial charge < -0.3 is 11.1 Å². The van der Waals surface area contributed by atoms with Crippen molar-refractivity contribution in [3.05, 3.63) is 27.9 Å². The summed E-state index contributed by atoms with van der Waals surface area (Å²) in [7, 11) is 0. The van der Waals surface area contributed by atoms with Gasteiger partial charge in [0.1, 0.15) is 17.0 Å². The first-order chi connectivity index (χ1) is 9.45. The van der Waals surface area contributed by atoms with Gasteiger partial charge in [0.25, 0.3) is 5.91 Å². The van der Waals surface area contributed by atoms with Crippen LogP contribution in [0.25, 0.3) is 0 Å². The van der Waals surface area contributed by atoms with Crippen LogP contribution in [-0.2, 0) is 6.54 Å². The van der Waals surface area contributed by atoms with Gasteiger partial charge in [-0.3, -0.25) is 9.48 Å². The predicted octanol–water partition coefficient (Wildman–Crippen LogP) is 2.14. The largest absolute Gasteiger partial charge is 0.395 e. The Morgan fingerprint density at radius 2 is 2.15 bits per heavy atom. The smallest absolute Gasteiger partial charge is 0.277 e. The second-order valence-corrected chi connectivity index (χ2v) is 4.68. The maximum atomic E-state index is 12.3. The molecule has 0 saturated carbocycles. The molecule has 0 bridgehead atoms. The Bertz CT molecular complexity index is 669. The summed E-state index contributed by atoms with van der Waals surface area (Å²) in [4.78, 5) is 19.8. The minimum atomic E-state index is -0.457. The van der Waals surface area contributed by atoms with Gasteiger partial charge in [-0.2, -0.15) is 5.10 Å². The fraction of sp³-hybridized carbons (Fsp3) is 0.273. The van der Waals surface area contributed by atoms with Crippen molar-refractivity contribution >= 4 is 40.6 Å². The van der Waals surface area contributed by atoms with Gasteiger partial charge in [0, 0.05) is 6.54 Å². The number of amides is 1. The van der Waals surface area contributed by atoms with Gasteiger partial charge in [-0.25, -0.2) is 9.97 Å². The molecule has 0 aliphatic heterocycles. The molecule has 9 heteroatoms. The Kier molecular flexibility index (Phi) is 4.10. The third-order valence-electron chi connectivity index (χ3n) is 2.67. The average molecular weight is 315 g/mol. The van der Waals surface area contributed by atoms with Gasteiger partial charge >= 0.3 is 0 Å². The SMILES string of the molecule is CCn1nc(C)c(N)c1C(=O)Nc1ncnc(Cl)c1Cl. The lowest BCUT2D eigenvalue weighted by Crippen LogP contribution is -2.19. The summed E-state index contributed by atoms with van der Waals surface area (Å²) in [5.41, 5.74) is 7.03. The Morgan fingerprint density at radius 3 is 2.80 bits per heavy atom. The lowest BCUT2D eigenvalue weighted by Gasteiger charge is -2.08. The van der Waals surface area contributed by atoms with Crippen LogP contribution in [-0.4, -0.2) is 25.7 Å². The number of anilines is 2. The number of nitrogen functional groups attached to an aromatic ring is 1. The van der Waals surface area contributed by atoms with Crippen LogP contribution >= 0.6 is 23.2 Å². The topological polar surface area (TPSA) is 98.7 Å². The van der Waals surface area contributed by atoms with Gasteiger partial charge in [-0.1, -0.05) is 23.2 Å². The van der Waals surface area contributed by atoms with E-state index in [1.165, 1.54) is 11.0 Å². The zero-order valence-corrected chi connectivity index (χ0v) is 12.3. The molecular weight excluding hydrogens is 303 g/mol. The van der Waals surface area contributed by atoms with E-state index in [2.05, 4.69) is 20.4 Å². The Labute approximate surface area is 125 Å². The highest BCUT2D eigenvalue weighted by Crippen LogP contribution is 2.26. The summed E-state index contributed by atoms with van der Waals surface area (Å²) in [5.74, 6) is -0.334. The summed E-state index contributed by atoms with van der Waals surface area (Å²) in [6, 6.07) is 0. The van der Waals surface area contributed by atoms with Crippen LogP contribution < -0.4 is 11.1 Å². The summed E-state index contributed by atoms with van der Waals surface area (Å²) >= 11 is 11.7. The van der Waals surface area contributed by atoms with Crippen LogP contribution in [0.3, 0.4) is 0 Å². The zero-order chi connectivity index (χ0) is 14.9. The van der Waals surface area contributed by atoms with Crippen molar-refractivity contribution in [2.75, 3.05) is 11.1 Å². The quantitative estimate of drug-likeness (QED) is 0.846. The number of halogens is 2. The minimum Gasteiger partial charge on any atom is -0.395 e. The van der Waals surface area contributed by atoms with Crippen LogP contribution in [0.1, 0.15) is 23.1 Å². The fourth-order valence-corrected chi connectivity index (χ4v) is 1.94. The molecule has 2 heterocycles. The van der Waals surface area contributed by atoms with E-state index in [4.69, 9.17) is 28.9 Å². The summed E-state index contributed by atoms with van der Waals surface area (Å²) in [5, 5.41) is 6.85. The number of hydrogen-bond acceptors (Lipinski definition) is 5. The molecule has 2 aromatic rings. The average Bonchev–Trinajstić information content (AvgIpc) is 2.70. The van der Waals surface area contributed by atoms with Gasteiger partial charge in [0.05, 0.1) is 11.4 Å². The summed E-state index contributed by atoms with van der Waals surface area (Å²) in [6.07, 6.45) is 1.20. The fourth-order valence-electron chi connectivity index (χ4n) is 1.67. The van der Waals surface area contributed by atoms with E-state index in [1.54, 1.807) is 6.92 Å². The normalized spacial score (nSPS) is 10.6. The van der Waals surface area contributed by atoms with E-state index in [9.17, 15) is 4.79 Å². The number of nitrogens with two attached hydrogens (primary N) is 1. The maximum Gasteiger partial charge on any atom is 0.277 e. The van der Waals surface area contributed by atoms with Crippen LogP contribution in [0.15, 0.2) is 6.33 Å². The highest BCUT2D eigenvalue weighted by Gasteiger charge is 2.21. The van der Waals surface area contributed by atoms with Crippen LogP contribution in [0.5, 0.6) is 0 Å². The monoisotopic (exact) mass is 314 g/mol. The summed E-state index contributed by atoms with van der Waals surface area (Å²) < 4.78 is 1.51. The van der Waals surface area contributed by atoms with E-state index in [1.807, 2.05) is 6.92 Å². The van der Waals surface area contributed by atoms with Gasteiger partial charge in [-0.15, -0.1) is 0 Å². The lowest BCUT2D eigenvalue weighted by atomic mass is 10.3. The Hall–Kier alpha value is -1.86. The molecule has 0 aliphatic rings. The van der Waals surface area contributed by atoms with Crippen LogP contribution in [0.2, 0.25) is 10.2 Å². The van der Waals surface area contributed by atoms with E-state index >= 15 is 0 Å². The first-order valence-corrected chi connectivity index (χ1v) is 6.51. The molecule has 0 aromatic carbocycles. The number of aromatic nitrogens is 4. The standard InChI is InChI=1S/C11H12Cl2N6O/c1-3-19-8(7(14)5(2)18-19)11(20)17-10-6(12)9(13)15-4-16-10/h4H,3,14H2,1-2H3,(H,15,16,17,20). The third kappa shape index (κ3) is 2.54. The second-order valence-electron chi connectivity index (χ2n) is 3.94. The highest BCUT2D eigenvalue weighted by molar-refractivity contribution is 6.43. The molecule has 0 radical (unpaired) electrons. The van der Waals surface area contributed by atoms with E-state index < -0.39 is 5.91 Å². The van der Waals surface area contributed by atoms with Crippen molar-refractivity contribution in [3.8, 4) is 0 Å². The lowest BCUT2D eigenvalue weighted by molar-refractivity contribution is 0.101. The first-order valence-electron chi connectivity index (χ1n) is 5.75. The number of aryl methyl sites for hydroxylation is 2. The van der Waals surface area contributed by atoms with Crippen LogP contribution in [0, 0.1) is 6.92 Å². The van der Waals surface area contributed by atoms with E-state index in [0.717, 1.165) is 0 Å². The van der Waals surface area contributed by atoms with Gasteiger partial charge in [-0.05, 0) is 13.8 Å². The van der Waals surface area contributed by atoms with Crippen molar-refractivity contribution in [1.29, 1.82) is 0 Å². The molecule has 20 heavy (non-hydrogen) atoms. The second kappa shape index (κ2) is 5.64. The third-order valence-corrected chi connectivity index (χ3v) is 3.41. The molecule has 0 aliphatic carbocycles. The van der Waals surface area contributed by atoms with Crippen molar-refractivity contribution < 1.29 is 4.79 Å². The molecule has 0 spiro atoms. The molecule has 0 unspecified atom stereocenters. The predicted molar refractivity (Wildman–Crippen MR) is 77.1 cm³/mol. The van der Waals surface area contributed by atoms with Crippen molar-refractivity contribution in [2.45, 2.75) is 20.4 Å². The van der Waals surface area contributed by atoms with E-state index in [0.29, 0.717) is 17.9 Å². The zero-order valence-electron chi connectivity index (χ0n) is 10.8. The van der Waals surface area contributed by atoms with Crippen LogP contribution in [0.4, 0.5) is 11.5 Å². The maximum absolute atomic E-state index is 12.3. The van der Waals surface area contributed by atoms with E-state index in [-0.39, 0.29) is 21.7 Å². The number of rotatable bonds is 3.